The summed E-state index contributed by atoms with van der Waals surface area (Å²) >= 11 is 0. The summed E-state index contributed by atoms with van der Waals surface area (Å²) in [7, 11) is 4.59. The second-order valence-electron chi connectivity index (χ2n) is 8.12. The van der Waals surface area contributed by atoms with Crippen molar-refractivity contribution in [2.24, 2.45) is 0 Å². The Hall–Kier alpha value is -4.28. The Morgan fingerprint density at radius 1 is 1.00 bits per heavy atom. The predicted molar refractivity (Wildman–Crippen MR) is 133 cm³/mol. The van der Waals surface area contributed by atoms with Crippen LogP contribution in [-0.4, -0.2) is 48.6 Å². The van der Waals surface area contributed by atoms with E-state index in [1.807, 2.05) is 23.2 Å². The first-order valence-electron chi connectivity index (χ1n) is 11.5. The third-order valence-corrected chi connectivity index (χ3v) is 5.82. The van der Waals surface area contributed by atoms with Gasteiger partial charge in [-0.1, -0.05) is 12.1 Å². The highest BCUT2D eigenvalue weighted by molar-refractivity contribution is 5.77. The highest BCUT2D eigenvalue weighted by Crippen LogP contribution is 2.38. The van der Waals surface area contributed by atoms with E-state index in [1.54, 1.807) is 19.1 Å². The van der Waals surface area contributed by atoms with Gasteiger partial charge in [0.2, 0.25) is 11.6 Å². The van der Waals surface area contributed by atoms with E-state index in [0.29, 0.717) is 47.6 Å². The highest BCUT2D eigenvalue weighted by Gasteiger charge is 2.26. The zero-order valence-corrected chi connectivity index (χ0v) is 21.0. The Morgan fingerprint density at radius 2 is 1.65 bits per heavy atom. The van der Waals surface area contributed by atoms with Crippen molar-refractivity contribution in [2.45, 2.75) is 32.2 Å². The number of hydrogen-bond donors (Lipinski definition) is 2. The number of H-pyrrole nitrogens is 1. The van der Waals surface area contributed by atoms with E-state index < -0.39 is 35.5 Å². The fourth-order valence-corrected chi connectivity index (χ4v) is 4.01. The number of carboxylic acids is 1. The van der Waals surface area contributed by atoms with Gasteiger partial charge in [-0.2, -0.15) is 4.39 Å². The lowest BCUT2D eigenvalue weighted by Gasteiger charge is -2.19. The average molecular weight is 517 g/mol. The van der Waals surface area contributed by atoms with E-state index in [4.69, 9.17) is 18.9 Å². The Kier molecular flexibility index (Phi) is 8.94. The van der Waals surface area contributed by atoms with Crippen molar-refractivity contribution in [2.75, 3.05) is 27.9 Å². The van der Waals surface area contributed by atoms with Gasteiger partial charge < -0.3 is 24.1 Å². The minimum atomic E-state index is -1.24. The van der Waals surface area contributed by atoms with Crippen molar-refractivity contribution < 1.29 is 33.2 Å². The molecule has 1 aromatic heterocycles. The lowest BCUT2D eigenvalue weighted by Crippen LogP contribution is -2.34. The maximum atomic E-state index is 13.8. The van der Waals surface area contributed by atoms with Gasteiger partial charge in [0.05, 0.1) is 34.1 Å². The standard InChI is InChI=1S/C26H29FN2O8/c1-5-37-20-9-8-15(6-7-16-11-21(34-2)23(36-4)22(12-16)35-3)10-17(20)18(25(31)32)13-29-14-19(27)24(30)28-26(29)33/h8-12,14,18H,5-7,13H2,1-4H3,(H,31,32)(H,28,30,33). The van der Waals surface area contributed by atoms with Gasteiger partial charge in [0.15, 0.2) is 11.5 Å². The molecule has 11 heteroatoms. The summed E-state index contributed by atoms with van der Waals surface area (Å²) in [6.45, 7) is 1.65. The molecule has 10 nitrogen and oxygen atoms in total. The molecular formula is C26H29FN2O8. The minimum absolute atomic E-state index is 0.289. The molecule has 0 saturated heterocycles. The number of rotatable bonds is 12. The molecule has 2 aromatic carbocycles. The van der Waals surface area contributed by atoms with Crippen LogP contribution in [0.1, 0.15) is 29.5 Å². The fourth-order valence-electron chi connectivity index (χ4n) is 4.01. The number of carbonyl (C=O) groups is 1. The fraction of sp³-hybridized carbons (Fsp3) is 0.346. The van der Waals surface area contributed by atoms with Crippen LogP contribution >= 0.6 is 0 Å². The van der Waals surface area contributed by atoms with Crippen LogP contribution in [0.15, 0.2) is 46.1 Å². The zero-order valence-electron chi connectivity index (χ0n) is 21.0. The highest BCUT2D eigenvalue weighted by atomic mass is 19.1. The molecule has 0 bridgehead atoms. The van der Waals surface area contributed by atoms with Crippen LogP contribution in [0, 0.1) is 5.82 Å². The van der Waals surface area contributed by atoms with Gasteiger partial charge in [0.25, 0.3) is 5.56 Å². The smallest absolute Gasteiger partial charge is 0.328 e. The summed E-state index contributed by atoms with van der Waals surface area (Å²) in [6, 6.07) is 8.89. The topological polar surface area (TPSA) is 129 Å². The van der Waals surface area contributed by atoms with E-state index in [9.17, 15) is 23.9 Å². The number of aromatic nitrogens is 2. The molecule has 0 saturated carbocycles. The normalized spacial score (nSPS) is 11.6. The van der Waals surface area contributed by atoms with E-state index >= 15 is 0 Å². The van der Waals surface area contributed by atoms with E-state index in [2.05, 4.69) is 0 Å². The molecule has 3 aromatic rings. The Bertz CT molecular complexity index is 1360. The number of ether oxygens (including phenoxy) is 4. The number of aryl methyl sites for hydroxylation is 2. The molecule has 0 spiro atoms. The average Bonchev–Trinajstić information content (AvgIpc) is 2.88. The first-order chi connectivity index (χ1) is 17.7. The van der Waals surface area contributed by atoms with Crippen molar-refractivity contribution in [3.63, 3.8) is 0 Å². The number of halogens is 1. The summed E-state index contributed by atoms with van der Waals surface area (Å²) in [6.07, 6.45) is 1.82. The van der Waals surface area contributed by atoms with Crippen LogP contribution in [0.4, 0.5) is 4.39 Å². The van der Waals surface area contributed by atoms with Crippen LogP contribution in [0.2, 0.25) is 0 Å². The maximum Gasteiger partial charge on any atom is 0.328 e. The summed E-state index contributed by atoms with van der Waals surface area (Å²) in [5, 5.41) is 9.98. The zero-order chi connectivity index (χ0) is 27.1. The summed E-state index contributed by atoms with van der Waals surface area (Å²) in [4.78, 5) is 37.6. The largest absolute Gasteiger partial charge is 0.494 e. The SMILES string of the molecule is CCOc1ccc(CCc2cc(OC)c(OC)c(OC)c2)cc1C(Cn1cc(F)c(=O)[nH]c1=O)C(=O)O. The van der Waals surface area contributed by atoms with Crippen LogP contribution < -0.4 is 30.2 Å². The Labute approximate surface area is 212 Å². The first kappa shape index (κ1) is 27.3. The van der Waals surface area contributed by atoms with Gasteiger partial charge in [0, 0.05) is 12.1 Å². The molecule has 0 fully saturated rings. The van der Waals surface area contributed by atoms with Gasteiger partial charge in [-0.3, -0.25) is 19.1 Å². The van der Waals surface area contributed by atoms with E-state index in [0.717, 1.165) is 15.7 Å². The molecule has 1 atom stereocenters. The van der Waals surface area contributed by atoms with Crippen LogP contribution in [-0.2, 0) is 24.2 Å². The third-order valence-electron chi connectivity index (χ3n) is 5.82. The van der Waals surface area contributed by atoms with E-state index in [-0.39, 0.29) is 6.61 Å². The van der Waals surface area contributed by atoms with Crippen molar-refractivity contribution in [3.05, 3.63) is 79.9 Å². The number of carboxylic acid groups (broad SMARTS) is 1. The molecule has 0 amide bonds. The van der Waals surface area contributed by atoms with Gasteiger partial charge in [-0.05, 0) is 49.1 Å². The second kappa shape index (κ2) is 12.1. The molecular weight excluding hydrogens is 487 g/mol. The number of aromatic amines is 1. The molecule has 0 aliphatic carbocycles. The van der Waals surface area contributed by atoms with Gasteiger partial charge >= 0.3 is 11.7 Å². The summed E-state index contributed by atoms with van der Waals surface area (Å²) in [5.41, 5.74) is -0.0187. The molecule has 0 aliphatic heterocycles. The van der Waals surface area contributed by atoms with Crippen LogP contribution in [0.25, 0.3) is 0 Å². The van der Waals surface area contributed by atoms with Crippen LogP contribution in [0.5, 0.6) is 23.0 Å². The number of nitrogens with zero attached hydrogens (tertiary/aromatic N) is 1. The lowest BCUT2D eigenvalue weighted by atomic mass is 9.94. The molecule has 0 radical (unpaired) electrons. The molecule has 0 aliphatic rings. The molecule has 1 unspecified atom stereocenters. The quantitative estimate of drug-likeness (QED) is 0.376. The number of nitrogens with one attached hydrogen (secondary N) is 1. The second-order valence-corrected chi connectivity index (χ2v) is 8.12. The third kappa shape index (κ3) is 6.29. The van der Waals surface area contributed by atoms with Crippen molar-refractivity contribution in [1.29, 1.82) is 0 Å². The number of aliphatic carboxylic acids is 1. The monoisotopic (exact) mass is 516 g/mol. The van der Waals surface area contributed by atoms with Gasteiger partial charge in [0.1, 0.15) is 11.7 Å². The molecule has 3 rings (SSSR count). The van der Waals surface area contributed by atoms with Crippen molar-refractivity contribution >= 4 is 5.97 Å². The molecule has 37 heavy (non-hydrogen) atoms. The number of hydrogen-bond acceptors (Lipinski definition) is 7. The number of benzene rings is 2. The van der Waals surface area contributed by atoms with E-state index in [1.165, 1.54) is 21.3 Å². The maximum absolute atomic E-state index is 13.8. The predicted octanol–water partition coefficient (Wildman–Crippen LogP) is 2.75. The lowest BCUT2D eigenvalue weighted by molar-refractivity contribution is -0.139. The summed E-state index contributed by atoms with van der Waals surface area (Å²) in [5.74, 6) is -1.80. The Balaban J connectivity index is 1.95. The Morgan fingerprint density at radius 3 is 2.22 bits per heavy atom. The number of methoxy groups -OCH3 is 3. The molecule has 1 heterocycles. The molecule has 198 valence electrons. The van der Waals surface area contributed by atoms with Gasteiger partial charge in [-0.25, -0.2) is 4.79 Å². The van der Waals surface area contributed by atoms with Crippen molar-refractivity contribution in [3.8, 4) is 23.0 Å². The van der Waals surface area contributed by atoms with Crippen LogP contribution in [0.3, 0.4) is 0 Å². The minimum Gasteiger partial charge on any atom is -0.494 e. The van der Waals surface area contributed by atoms with Gasteiger partial charge in [-0.15, -0.1) is 0 Å². The summed E-state index contributed by atoms with van der Waals surface area (Å²) < 4.78 is 36.5. The van der Waals surface area contributed by atoms with Crippen molar-refractivity contribution in [1.82, 2.24) is 9.55 Å². The first-order valence-corrected chi connectivity index (χ1v) is 11.5. The molecule has 2 N–H and O–H groups in total.